The van der Waals surface area contributed by atoms with Gasteiger partial charge in [-0.15, -0.1) is 0 Å². The molecule has 1 aliphatic rings. The Bertz CT molecular complexity index is 929. The molecular formula is C20H26N6O. The fourth-order valence-corrected chi connectivity index (χ4v) is 3.77. The average molecular weight is 366 g/mol. The quantitative estimate of drug-likeness (QED) is 0.700. The summed E-state index contributed by atoms with van der Waals surface area (Å²) in [6, 6.07) is 11.8. The van der Waals surface area contributed by atoms with Gasteiger partial charge in [-0.05, 0) is 44.5 Å². The van der Waals surface area contributed by atoms with Gasteiger partial charge in [-0.3, -0.25) is 9.69 Å². The molecule has 1 aliphatic heterocycles. The molecule has 2 aromatic heterocycles. The maximum absolute atomic E-state index is 12.0. The second kappa shape index (κ2) is 7.92. The van der Waals surface area contributed by atoms with Crippen molar-refractivity contribution in [2.24, 2.45) is 0 Å². The summed E-state index contributed by atoms with van der Waals surface area (Å²) in [6.45, 7) is 5.28. The third-order valence-electron chi connectivity index (χ3n) is 5.24. The van der Waals surface area contributed by atoms with Crippen molar-refractivity contribution in [1.29, 1.82) is 0 Å². The normalized spacial score (nSPS) is 18.0. The largest absolute Gasteiger partial charge is 0.354 e. The van der Waals surface area contributed by atoms with Gasteiger partial charge in [-0.25, -0.2) is 9.67 Å². The second-order valence-electron chi connectivity index (χ2n) is 7.21. The van der Waals surface area contributed by atoms with Crippen molar-refractivity contribution in [3.8, 4) is 0 Å². The highest BCUT2D eigenvalue weighted by molar-refractivity contribution is 5.77. The van der Waals surface area contributed by atoms with Crippen LogP contribution in [0.25, 0.3) is 11.0 Å². The molecule has 3 heterocycles. The number of H-pyrrole nitrogens is 1. The summed E-state index contributed by atoms with van der Waals surface area (Å²) in [4.78, 5) is 22.4. The fraction of sp³-hybridized carbons (Fsp3) is 0.450. The zero-order valence-corrected chi connectivity index (χ0v) is 15.7. The molecule has 27 heavy (non-hydrogen) atoms. The van der Waals surface area contributed by atoms with Gasteiger partial charge in [0.25, 0.3) is 5.56 Å². The van der Waals surface area contributed by atoms with Crippen LogP contribution in [0.4, 0.5) is 5.95 Å². The lowest BCUT2D eigenvalue weighted by Gasteiger charge is -2.35. The van der Waals surface area contributed by atoms with E-state index in [1.165, 1.54) is 12.8 Å². The summed E-state index contributed by atoms with van der Waals surface area (Å²) in [5.74, 6) is 0.818. The minimum atomic E-state index is -0.0328. The monoisotopic (exact) mass is 366 g/mol. The Balaban J connectivity index is 1.38. The van der Waals surface area contributed by atoms with Gasteiger partial charge >= 0.3 is 0 Å². The van der Waals surface area contributed by atoms with E-state index in [-0.39, 0.29) is 5.56 Å². The summed E-state index contributed by atoms with van der Waals surface area (Å²) in [5.41, 5.74) is 2.86. The number of aryl methyl sites for hydroxylation is 1. The summed E-state index contributed by atoms with van der Waals surface area (Å²) in [5, 5.41) is 7.81. The molecule has 2 N–H and O–H groups in total. The van der Waals surface area contributed by atoms with Crippen molar-refractivity contribution < 1.29 is 0 Å². The van der Waals surface area contributed by atoms with Crippen molar-refractivity contribution in [2.75, 3.05) is 25.0 Å². The number of piperidine rings is 1. The van der Waals surface area contributed by atoms with Crippen molar-refractivity contribution in [2.45, 2.75) is 38.8 Å². The number of rotatable bonds is 6. The van der Waals surface area contributed by atoms with Crippen LogP contribution in [0.5, 0.6) is 0 Å². The van der Waals surface area contributed by atoms with Crippen molar-refractivity contribution >= 4 is 17.0 Å². The van der Waals surface area contributed by atoms with E-state index in [2.05, 4.69) is 25.3 Å². The highest BCUT2D eigenvalue weighted by atomic mass is 16.1. The number of anilines is 1. The molecule has 0 spiro atoms. The van der Waals surface area contributed by atoms with Crippen molar-refractivity contribution in [3.05, 3.63) is 52.4 Å². The van der Waals surface area contributed by atoms with Crippen LogP contribution in [0.3, 0.4) is 0 Å². The molecule has 4 rings (SSSR count). The minimum absolute atomic E-state index is 0.0328. The Kier molecular flexibility index (Phi) is 5.20. The number of para-hydroxylation sites is 2. The first-order chi connectivity index (χ1) is 13.2. The number of likely N-dealkylation sites (tertiary alicyclic amines) is 1. The van der Waals surface area contributed by atoms with Gasteiger partial charge in [-0.2, -0.15) is 5.10 Å². The molecule has 7 heteroatoms. The first-order valence-electron chi connectivity index (χ1n) is 9.66. The number of fused-ring (bicyclic) bond motifs is 1. The molecule has 1 aromatic carbocycles. The standard InChI is InChI=1S/C20H26N6O/c1-15-9-10-19(27)26(24-15)13-12-25-11-5-4-6-16(25)14-21-20-22-17-7-2-3-8-18(17)23-20/h2-3,7-10,16H,4-6,11-14H2,1H3,(H2,21,22,23). The first kappa shape index (κ1) is 17.7. The van der Waals surface area contributed by atoms with Crippen LogP contribution in [0, 0.1) is 6.92 Å². The number of aromatic nitrogens is 4. The highest BCUT2D eigenvalue weighted by Crippen LogP contribution is 2.18. The Hall–Kier alpha value is -2.67. The molecule has 1 saturated heterocycles. The average Bonchev–Trinajstić information content (AvgIpc) is 3.10. The van der Waals surface area contributed by atoms with Crippen LogP contribution in [0.15, 0.2) is 41.2 Å². The van der Waals surface area contributed by atoms with E-state index in [0.717, 1.165) is 48.7 Å². The smallest absolute Gasteiger partial charge is 0.266 e. The van der Waals surface area contributed by atoms with Gasteiger partial charge in [0.15, 0.2) is 0 Å². The molecule has 0 bridgehead atoms. The van der Waals surface area contributed by atoms with Crippen LogP contribution < -0.4 is 10.9 Å². The predicted molar refractivity (Wildman–Crippen MR) is 107 cm³/mol. The number of nitrogens with one attached hydrogen (secondary N) is 2. The van der Waals surface area contributed by atoms with E-state index in [0.29, 0.717) is 12.6 Å². The van der Waals surface area contributed by atoms with E-state index in [4.69, 9.17) is 0 Å². The van der Waals surface area contributed by atoms with E-state index in [1.54, 1.807) is 16.8 Å². The number of hydrogen-bond acceptors (Lipinski definition) is 5. The Morgan fingerprint density at radius 3 is 2.96 bits per heavy atom. The van der Waals surface area contributed by atoms with Gasteiger partial charge in [0.05, 0.1) is 23.3 Å². The summed E-state index contributed by atoms with van der Waals surface area (Å²) >= 11 is 0. The minimum Gasteiger partial charge on any atom is -0.354 e. The lowest BCUT2D eigenvalue weighted by molar-refractivity contribution is 0.148. The third kappa shape index (κ3) is 4.19. The second-order valence-corrected chi connectivity index (χ2v) is 7.21. The Morgan fingerprint density at radius 1 is 1.19 bits per heavy atom. The molecule has 1 atom stereocenters. The van der Waals surface area contributed by atoms with E-state index >= 15 is 0 Å². The number of hydrogen-bond donors (Lipinski definition) is 2. The van der Waals surface area contributed by atoms with Crippen molar-refractivity contribution in [1.82, 2.24) is 24.6 Å². The Morgan fingerprint density at radius 2 is 2.07 bits per heavy atom. The molecular weight excluding hydrogens is 340 g/mol. The van der Waals surface area contributed by atoms with Crippen LogP contribution in [0.1, 0.15) is 25.0 Å². The summed E-state index contributed by atoms with van der Waals surface area (Å²) in [6.07, 6.45) is 3.60. The predicted octanol–water partition coefficient (Wildman–Crippen LogP) is 2.39. The van der Waals surface area contributed by atoms with Crippen LogP contribution >= 0.6 is 0 Å². The fourth-order valence-electron chi connectivity index (χ4n) is 3.77. The van der Waals surface area contributed by atoms with Gasteiger partial charge in [0, 0.05) is 25.2 Å². The van der Waals surface area contributed by atoms with E-state index in [9.17, 15) is 4.79 Å². The summed E-state index contributed by atoms with van der Waals surface area (Å²) in [7, 11) is 0. The number of nitrogens with zero attached hydrogens (tertiary/aromatic N) is 4. The molecule has 0 saturated carbocycles. The molecule has 1 fully saturated rings. The SMILES string of the molecule is Cc1ccc(=O)n(CCN2CCCCC2CNc2nc3ccccc3[nH]2)n1. The van der Waals surface area contributed by atoms with E-state index in [1.807, 2.05) is 31.2 Å². The van der Waals surface area contributed by atoms with Crippen LogP contribution in [-0.2, 0) is 6.54 Å². The third-order valence-corrected chi connectivity index (χ3v) is 5.24. The van der Waals surface area contributed by atoms with Gasteiger partial charge in [0.1, 0.15) is 0 Å². The maximum atomic E-state index is 12.0. The molecule has 0 amide bonds. The molecule has 0 radical (unpaired) electrons. The maximum Gasteiger partial charge on any atom is 0.266 e. The molecule has 7 nitrogen and oxygen atoms in total. The van der Waals surface area contributed by atoms with Gasteiger partial charge < -0.3 is 10.3 Å². The lowest BCUT2D eigenvalue weighted by Crippen LogP contribution is -2.45. The van der Waals surface area contributed by atoms with Gasteiger partial charge in [-0.1, -0.05) is 18.6 Å². The zero-order chi connectivity index (χ0) is 18.6. The highest BCUT2D eigenvalue weighted by Gasteiger charge is 2.22. The van der Waals surface area contributed by atoms with Crippen LogP contribution in [0.2, 0.25) is 0 Å². The number of aromatic amines is 1. The van der Waals surface area contributed by atoms with Crippen LogP contribution in [-0.4, -0.2) is 50.3 Å². The topological polar surface area (TPSA) is 78.8 Å². The Labute approximate surface area is 158 Å². The molecule has 0 aliphatic carbocycles. The zero-order valence-electron chi connectivity index (χ0n) is 15.7. The molecule has 1 unspecified atom stereocenters. The van der Waals surface area contributed by atoms with E-state index < -0.39 is 0 Å². The lowest BCUT2D eigenvalue weighted by atomic mass is 10.0. The number of imidazole rings is 1. The summed E-state index contributed by atoms with van der Waals surface area (Å²) < 4.78 is 1.58. The van der Waals surface area contributed by atoms with Gasteiger partial charge in [0.2, 0.25) is 5.95 Å². The number of benzene rings is 1. The van der Waals surface area contributed by atoms with Crippen molar-refractivity contribution in [3.63, 3.8) is 0 Å². The first-order valence-corrected chi connectivity index (χ1v) is 9.66. The molecule has 142 valence electrons. The molecule has 3 aromatic rings.